The number of nitrogens with one attached hydrogen (secondary N) is 1. The Morgan fingerprint density at radius 1 is 1.33 bits per heavy atom. The van der Waals surface area contributed by atoms with Crippen LogP contribution < -0.4 is 10.2 Å². The Labute approximate surface area is 173 Å². The SMILES string of the molecule is C[C@@H]1CN(c2ccc(C#N)n3nccc23)C[C@H](C(=O)NC(=O)C23CC(CO)(C2)C3)O1. The molecule has 2 amide bonds. The molecule has 3 heterocycles. The third-order valence-electron chi connectivity index (χ3n) is 6.73. The maximum absolute atomic E-state index is 12.8. The summed E-state index contributed by atoms with van der Waals surface area (Å²) in [5, 5.41) is 25.4. The summed E-state index contributed by atoms with van der Waals surface area (Å²) < 4.78 is 7.41. The lowest BCUT2D eigenvalue weighted by molar-refractivity contribution is -0.220. The van der Waals surface area contributed by atoms with Gasteiger partial charge in [0, 0.05) is 13.2 Å². The molecule has 30 heavy (non-hydrogen) atoms. The van der Waals surface area contributed by atoms with Crippen molar-refractivity contribution in [3.8, 4) is 6.07 Å². The maximum Gasteiger partial charge on any atom is 0.257 e. The molecule has 1 saturated heterocycles. The highest BCUT2D eigenvalue weighted by Gasteiger charge is 2.71. The average molecular weight is 409 g/mol. The summed E-state index contributed by atoms with van der Waals surface area (Å²) in [5.41, 5.74) is 1.48. The number of anilines is 1. The van der Waals surface area contributed by atoms with E-state index < -0.39 is 17.4 Å². The third-order valence-corrected chi connectivity index (χ3v) is 6.73. The van der Waals surface area contributed by atoms with Crippen LogP contribution in [0.25, 0.3) is 5.52 Å². The second kappa shape index (κ2) is 6.52. The van der Waals surface area contributed by atoms with E-state index in [1.165, 1.54) is 0 Å². The minimum atomic E-state index is -0.782. The molecule has 9 nitrogen and oxygen atoms in total. The Bertz CT molecular complexity index is 1070. The molecule has 2 aromatic rings. The topological polar surface area (TPSA) is 120 Å². The number of imide groups is 1. The maximum atomic E-state index is 12.8. The van der Waals surface area contributed by atoms with Crippen molar-refractivity contribution in [2.45, 2.75) is 38.4 Å². The van der Waals surface area contributed by atoms with Crippen LogP contribution in [0.1, 0.15) is 31.9 Å². The van der Waals surface area contributed by atoms with E-state index in [2.05, 4.69) is 16.5 Å². The van der Waals surface area contributed by atoms with E-state index in [4.69, 9.17) is 4.74 Å². The number of amides is 2. The third kappa shape index (κ3) is 2.71. The van der Waals surface area contributed by atoms with Gasteiger partial charge in [-0.2, -0.15) is 10.4 Å². The molecule has 6 rings (SSSR count). The molecule has 0 aromatic carbocycles. The fourth-order valence-electron chi connectivity index (χ4n) is 5.38. The van der Waals surface area contributed by atoms with Crippen LogP contribution in [0.4, 0.5) is 5.69 Å². The molecule has 2 aromatic heterocycles. The summed E-state index contributed by atoms with van der Waals surface area (Å²) in [4.78, 5) is 27.5. The zero-order chi connectivity index (χ0) is 21.1. The average Bonchev–Trinajstić information content (AvgIpc) is 3.14. The van der Waals surface area contributed by atoms with Gasteiger partial charge in [0.1, 0.15) is 11.8 Å². The Kier molecular flexibility index (Phi) is 4.14. The second-order valence-corrected chi connectivity index (χ2v) is 8.97. The summed E-state index contributed by atoms with van der Waals surface area (Å²) in [6.07, 6.45) is 2.58. The van der Waals surface area contributed by atoms with Crippen LogP contribution in [-0.4, -0.2) is 58.4 Å². The van der Waals surface area contributed by atoms with Crippen molar-refractivity contribution >= 4 is 23.0 Å². The molecule has 0 spiro atoms. The number of aliphatic hydroxyl groups is 1. The molecule has 156 valence electrons. The van der Waals surface area contributed by atoms with E-state index >= 15 is 0 Å². The molecule has 4 aliphatic rings. The van der Waals surface area contributed by atoms with Crippen LogP contribution >= 0.6 is 0 Å². The van der Waals surface area contributed by atoms with Gasteiger partial charge in [-0.25, -0.2) is 4.52 Å². The van der Waals surface area contributed by atoms with Crippen molar-refractivity contribution in [3.63, 3.8) is 0 Å². The zero-order valence-electron chi connectivity index (χ0n) is 16.7. The van der Waals surface area contributed by atoms with Crippen molar-refractivity contribution < 1.29 is 19.4 Å². The first-order valence-electron chi connectivity index (χ1n) is 10.1. The molecule has 1 aliphatic heterocycles. The molecule has 9 heteroatoms. The van der Waals surface area contributed by atoms with E-state index in [0.29, 0.717) is 38.0 Å². The molecule has 0 radical (unpaired) electrons. The number of morpholine rings is 1. The standard InChI is InChI=1S/C21H23N5O4/c1-13-7-25(15-3-2-14(6-22)26-16(15)4-5-23-26)8-17(30-13)18(28)24-19(29)21-9-20(10-21,11-21)12-27/h2-5,13,17,27H,7-12H2,1H3,(H,24,28,29)/t13-,17-,20?,21?/m1/s1. The van der Waals surface area contributed by atoms with Crippen LogP contribution in [0.15, 0.2) is 24.4 Å². The summed E-state index contributed by atoms with van der Waals surface area (Å²) in [7, 11) is 0. The van der Waals surface area contributed by atoms with E-state index in [0.717, 1.165) is 11.2 Å². The number of nitrogens with zero attached hydrogens (tertiary/aromatic N) is 4. The lowest BCUT2D eigenvalue weighted by Crippen LogP contribution is -2.70. The fourth-order valence-corrected chi connectivity index (χ4v) is 5.38. The van der Waals surface area contributed by atoms with Gasteiger partial charge in [0.25, 0.3) is 5.91 Å². The number of nitriles is 1. The molecule has 2 atom stereocenters. The highest BCUT2D eigenvalue weighted by molar-refractivity contribution is 6.01. The van der Waals surface area contributed by atoms with Crippen LogP contribution in [0, 0.1) is 22.2 Å². The van der Waals surface area contributed by atoms with Crippen LogP contribution in [-0.2, 0) is 14.3 Å². The Morgan fingerprint density at radius 2 is 2.10 bits per heavy atom. The van der Waals surface area contributed by atoms with Gasteiger partial charge >= 0.3 is 0 Å². The minimum Gasteiger partial charge on any atom is -0.396 e. The lowest BCUT2D eigenvalue weighted by Gasteiger charge is -2.68. The van der Waals surface area contributed by atoms with Gasteiger partial charge in [-0.05, 0) is 49.8 Å². The minimum absolute atomic E-state index is 0.0980. The molecular formula is C21H23N5O4. The van der Waals surface area contributed by atoms with E-state index in [1.54, 1.807) is 16.8 Å². The number of ether oxygens (including phenoxy) is 1. The molecular weight excluding hydrogens is 386 g/mol. The van der Waals surface area contributed by atoms with Gasteiger partial charge in [-0.1, -0.05) is 0 Å². The van der Waals surface area contributed by atoms with Crippen molar-refractivity contribution in [1.82, 2.24) is 14.9 Å². The van der Waals surface area contributed by atoms with Gasteiger partial charge in [0.2, 0.25) is 5.91 Å². The largest absolute Gasteiger partial charge is 0.396 e. The predicted octanol–water partition coefficient (Wildman–Crippen LogP) is 0.605. The number of aliphatic hydroxyl groups excluding tert-OH is 1. The summed E-state index contributed by atoms with van der Waals surface area (Å²) >= 11 is 0. The number of hydrogen-bond donors (Lipinski definition) is 2. The Balaban J connectivity index is 1.31. The summed E-state index contributed by atoms with van der Waals surface area (Å²) in [6, 6.07) is 7.50. The number of rotatable bonds is 4. The van der Waals surface area contributed by atoms with Gasteiger partial charge in [0.05, 0.1) is 35.5 Å². The Morgan fingerprint density at radius 3 is 2.80 bits per heavy atom. The van der Waals surface area contributed by atoms with Crippen molar-refractivity contribution in [3.05, 3.63) is 30.1 Å². The summed E-state index contributed by atoms with van der Waals surface area (Å²) in [5.74, 6) is -0.690. The summed E-state index contributed by atoms with van der Waals surface area (Å²) in [6.45, 7) is 2.86. The molecule has 3 saturated carbocycles. The van der Waals surface area contributed by atoms with Crippen LogP contribution in [0.2, 0.25) is 0 Å². The predicted molar refractivity (Wildman–Crippen MR) is 105 cm³/mol. The van der Waals surface area contributed by atoms with E-state index in [9.17, 15) is 20.0 Å². The smallest absolute Gasteiger partial charge is 0.257 e. The van der Waals surface area contributed by atoms with Gasteiger partial charge in [-0.3, -0.25) is 14.9 Å². The van der Waals surface area contributed by atoms with Crippen LogP contribution in [0.3, 0.4) is 0 Å². The monoisotopic (exact) mass is 409 g/mol. The quantitative estimate of drug-likeness (QED) is 0.710. The fraction of sp³-hybridized carbons (Fsp3) is 0.524. The highest BCUT2D eigenvalue weighted by Crippen LogP contribution is 2.73. The van der Waals surface area contributed by atoms with Crippen molar-refractivity contribution in [1.29, 1.82) is 5.26 Å². The molecule has 2 bridgehead atoms. The normalized spacial score (nSPS) is 32.1. The first kappa shape index (κ1) is 19.0. The lowest BCUT2D eigenvalue weighted by atomic mass is 9.35. The molecule has 4 fully saturated rings. The Hall–Kier alpha value is -2.96. The molecule has 3 aliphatic carbocycles. The van der Waals surface area contributed by atoms with Crippen molar-refractivity contribution in [2.75, 3.05) is 24.6 Å². The number of aromatic nitrogens is 2. The molecule has 0 unspecified atom stereocenters. The van der Waals surface area contributed by atoms with Crippen molar-refractivity contribution in [2.24, 2.45) is 10.8 Å². The first-order chi connectivity index (χ1) is 14.4. The number of hydrogen-bond acceptors (Lipinski definition) is 7. The highest BCUT2D eigenvalue weighted by atomic mass is 16.5. The number of pyridine rings is 1. The zero-order valence-corrected chi connectivity index (χ0v) is 16.7. The van der Waals surface area contributed by atoms with Gasteiger partial charge in [-0.15, -0.1) is 0 Å². The van der Waals surface area contributed by atoms with Gasteiger partial charge in [0.15, 0.2) is 6.10 Å². The van der Waals surface area contributed by atoms with Crippen LogP contribution in [0.5, 0.6) is 0 Å². The first-order valence-corrected chi connectivity index (χ1v) is 10.1. The second-order valence-electron chi connectivity index (χ2n) is 8.97. The van der Waals surface area contributed by atoms with Gasteiger partial charge < -0.3 is 14.7 Å². The number of carbonyl (C=O) groups excluding carboxylic acids is 2. The number of carbonyl (C=O) groups is 2. The van der Waals surface area contributed by atoms with E-state index in [-0.39, 0.29) is 24.0 Å². The van der Waals surface area contributed by atoms with E-state index in [1.807, 2.05) is 24.0 Å². The molecule has 2 N–H and O–H groups in total. The number of fused-ring (bicyclic) bond motifs is 1.